The van der Waals surface area contributed by atoms with E-state index in [-0.39, 0.29) is 11.5 Å². The van der Waals surface area contributed by atoms with Gasteiger partial charge in [0, 0.05) is 11.8 Å². The van der Waals surface area contributed by atoms with Crippen molar-refractivity contribution in [1.29, 1.82) is 0 Å². The molecule has 0 aromatic heterocycles. The Hall–Kier alpha value is -0.890. The molecule has 0 heterocycles. The zero-order chi connectivity index (χ0) is 15.5. The molecule has 3 fully saturated rings. The second kappa shape index (κ2) is 5.06. The Bertz CT molecular complexity index is 546. The smallest absolute Gasteiger partial charge is 0.155 e. The maximum atomic E-state index is 11.8. The van der Waals surface area contributed by atoms with E-state index in [1.807, 2.05) is 6.08 Å². The van der Waals surface area contributed by atoms with Crippen LogP contribution in [-0.2, 0) is 4.79 Å². The van der Waals surface area contributed by atoms with Crippen molar-refractivity contribution in [3.63, 3.8) is 0 Å². The van der Waals surface area contributed by atoms with Gasteiger partial charge in [0.2, 0.25) is 0 Å². The molecule has 0 bridgehead atoms. The van der Waals surface area contributed by atoms with Crippen LogP contribution in [0.3, 0.4) is 0 Å². The lowest BCUT2D eigenvalue weighted by atomic mass is 9.50. The first-order chi connectivity index (χ1) is 10.6. The highest BCUT2D eigenvalue weighted by Crippen LogP contribution is 2.64. The Morgan fingerprint density at radius 1 is 1.27 bits per heavy atom. The Morgan fingerprint density at radius 2 is 2.09 bits per heavy atom. The van der Waals surface area contributed by atoms with E-state index in [9.17, 15) is 9.90 Å². The van der Waals surface area contributed by atoms with Crippen molar-refractivity contribution in [1.82, 2.24) is 0 Å². The predicted molar refractivity (Wildman–Crippen MR) is 87.2 cm³/mol. The van der Waals surface area contributed by atoms with Crippen molar-refractivity contribution in [2.75, 3.05) is 0 Å². The number of aliphatic hydroxyl groups is 1. The first kappa shape index (κ1) is 14.7. The maximum absolute atomic E-state index is 11.8. The molecule has 2 nitrogen and oxygen atoms in total. The number of hydrogen-bond donors (Lipinski definition) is 1. The van der Waals surface area contributed by atoms with E-state index in [1.54, 1.807) is 0 Å². The maximum Gasteiger partial charge on any atom is 0.155 e. The van der Waals surface area contributed by atoms with Crippen molar-refractivity contribution in [2.24, 2.45) is 29.1 Å². The van der Waals surface area contributed by atoms with Crippen molar-refractivity contribution in [3.8, 4) is 0 Å². The topological polar surface area (TPSA) is 37.3 Å². The Kier molecular flexibility index (Phi) is 3.38. The van der Waals surface area contributed by atoms with Crippen LogP contribution in [0.5, 0.6) is 0 Å². The zero-order valence-corrected chi connectivity index (χ0v) is 13.7. The lowest BCUT2D eigenvalue weighted by Crippen LogP contribution is -2.49. The van der Waals surface area contributed by atoms with Crippen molar-refractivity contribution >= 4 is 5.78 Å². The Balaban J connectivity index is 1.70. The van der Waals surface area contributed by atoms with Gasteiger partial charge in [-0.2, -0.15) is 0 Å². The molecule has 4 aliphatic carbocycles. The summed E-state index contributed by atoms with van der Waals surface area (Å²) < 4.78 is 0. The molecule has 0 aromatic rings. The summed E-state index contributed by atoms with van der Waals surface area (Å²) in [6.45, 7) is 6.73. The van der Waals surface area contributed by atoms with E-state index < -0.39 is 0 Å². The number of carbonyl (C=O) groups excluding carboxylic acids is 1. The molecule has 3 saturated carbocycles. The van der Waals surface area contributed by atoms with Crippen molar-refractivity contribution < 1.29 is 9.90 Å². The van der Waals surface area contributed by atoms with E-state index in [0.29, 0.717) is 29.5 Å². The molecular formula is C20H28O2. The van der Waals surface area contributed by atoms with Gasteiger partial charge >= 0.3 is 0 Å². The molecule has 6 atom stereocenters. The molecule has 0 radical (unpaired) electrons. The Morgan fingerprint density at radius 3 is 2.86 bits per heavy atom. The largest absolute Gasteiger partial charge is 0.393 e. The van der Waals surface area contributed by atoms with Gasteiger partial charge in [-0.05, 0) is 74.7 Å². The second-order valence-electron chi connectivity index (χ2n) is 8.18. The van der Waals surface area contributed by atoms with E-state index >= 15 is 0 Å². The summed E-state index contributed by atoms with van der Waals surface area (Å²) in [5, 5.41) is 10.7. The van der Waals surface area contributed by atoms with Gasteiger partial charge in [-0.25, -0.2) is 0 Å². The SMILES string of the molecule is C=C1C[C@@]2(CC)C(CC[C@@H]2O)C2CCC3=CC(=O)CCC3C12. The van der Waals surface area contributed by atoms with E-state index in [4.69, 9.17) is 0 Å². The number of ketones is 1. The molecule has 4 aliphatic rings. The molecule has 0 aliphatic heterocycles. The molecule has 22 heavy (non-hydrogen) atoms. The lowest BCUT2D eigenvalue weighted by molar-refractivity contribution is -0.115. The lowest BCUT2D eigenvalue weighted by Gasteiger charge is -2.55. The standard InChI is InChI=1S/C20H28O2/c1-3-20-11-12(2)19-15-7-5-14(21)10-13(15)4-6-16(19)17(20)8-9-18(20)22/h10,15-19,22H,2-9,11H2,1H3/t15?,16?,17?,18-,19?,20-/m0/s1. The number of aliphatic hydroxyl groups excluding tert-OH is 1. The average molecular weight is 300 g/mol. The third-order valence-electron chi connectivity index (χ3n) is 7.54. The molecule has 1 N–H and O–H groups in total. The van der Waals surface area contributed by atoms with Crippen LogP contribution in [0.1, 0.15) is 58.3 Å². The molecular weight excluding hydrogens is 272 g/mol. The van der Waals surface area contributed by atoms with Crippen LogP contribution >= 0.6 is 0 Å². The monoisotopic (exact) mass is 300 g/mol. The van der Waals surface area contributed by atoms with Crippen molar-refractivity contribution in [2.45, 2.75) is 64.4 Å². The highest BCUT2D eigenvalue weighted by molar-refractivity contribution is 5.91. The molecule has 0 aromatic carbocycles. The molecule has 4 unspecified atom stereocenters. The number of carbonyl (C=O) groups is 1. The fraction of sp³-hybridized carbons (Fsp3) is 0.750. The van der Waals surface area contributed by atoms with Gasteiger partial charge in [-0.1, -0.05) is 24.6 Å². The first-order valence-corrected chi connectivity index (χ1v) is 9.16. The van der Waals surface area contributed by atoms with E-state index in [0.717, 1.165) is 38.5 Å². The minimum Gasteiger partial charge on any atom is -0.393 e. The Labute approximate surface area is 133 Å². The van der Waals surface area contributed by atoms with Crippen LogP contribution in [0.25, 0.3) is 0 Å². The van der Waals surface area contributed by atoms with Gasteiger partial charge in [0.15, 0.2) is 5.78 Å². The zero-order valence-electron chi connectivity index (χ0n) is 13.7. The summed E-state index contributed by atoms with van der Waals surface area (Å²) in [6, 6.07) is 0. The van der Waals surface area contributed by atoms with Gasteiger partial charge in [-0.15, -0.1) is 0 Å². The van der Waals surface area contributed by atoms with Gasteiger partial charge in [-0.3, -0.25) is 4.79 Å². The van der Waals surface area contributed by atoms with E-state index in [1.165, 1.54) is 24.0 Å². The first-order valence-electron chi connectivity index (χ1n) is 9.16. The van der Waals surface area contributed by atoms with Gasteiger partial charge in [0.25, 0.3) is 0 Å². The summed E-state index contributed by atoms with van der Waals surface area (Å²) in [5.74, 6) is 2.82. The minimum absolute atomic E-state index is 0.101. The summed E-state index contributed by atoms with van der Waals surface area (Å²) in [6.07, 6.45) is 10.1. The third kappa shape index (κ3) is 1.86. The van der Waals surface area contributed by atoms with Gasteiger partial charge < -0.3 is 5.11 Å². The fourth-order valence-corrected chi connectivity index (χ4v) is 6.60. The third-order valence-corrected chi connectivity index (χ3v) is 7.54. The van der Waals surface area contributed by atoms with Crippen LogP contribution in [0.4, 0.5) is 0 Å². The minimum atomic E-state index is -0.134. The molecule has 4 rings (SSSR count). The molecule has 120 valence electrons. The molecule has 2 heteroatoms. The average Bonchev–Trinajstić information content (AvgIpc) is 2.84. The number of rotatable bonds is 1. The quantitative estimate of drug-likeness (QED) is 0.742. The summed E-state index contributed by atoms with van der Waals surface area (Å²) in [7, 11) is 0. The number of hydrogen-bond acceptors (Lipinski definition) is 2. The highest BCUT2D eigenvalue weighted by atomic mass is 16.3. The normalized spacial score (nSPS) is 47.5. The number of fused-ring (bicyclic) bond motifs is 5. The van der Waals surface area contributed by atoms with Crippen LogP contribution in [-0.4, -0.2) is 17.0 Å². The van der Waals surface area contributed by atoms with Gasteiger partial charge in [0.1, 0.15) is 0 Å². The second-order valence-corrected chi connectivity index (χ2v) is 8.18. The molecule has 0 spiro atoms. The number of allylic oxidation sites excluding steroid dienone is 2. The summed E-state index contributed by atoms with van der Waals surface area (Å²) in [5.41, 5.74) is 2.87. The van der Waals surface area contributed by atoms with Gasteiger partial charge in [0.05, 0.1) is 6.10 Å². The van der Waals surface area contributed by atoms with Crippen LogP contribution in [0, 0.1) is 29.1 Å². The van der Waals surface area contributed by atoms with Crippen LogP contribution in [0.15, 0.2) is 23.8 Å². The van der Waals surface area contributed by atoms with Crippen LogP contribution < -0.4 is 0 Å². The molecule has 0 amide bonds. The summed E-state index contributed by atoms with van der Waals surface area (Å²) in [4.78, 5) is 11.8. The molecule has 0 saturated heterocycles. The van der Waals surface area contributed by atoms with Crippen LogP contribution in [0.2, 0.25) is 0 Å². The fourth-order valence-electron chi connectivity index (χ4n) is 6.60. The highest BCUT2D eigenvalue weighted by Gasteiger charge is 2.58. The predicted octanol–water partition coefficient (Wildman–Crippen LogP) is 4.05. The van der Waals surface area contributed by atoms with E-state index in [2.05, 4.69) is 13.5 Å². The summed E-state index contributed by atoms with van der Waals surface area (Å²) >= 11 is 0. The van der Waals surface area contributed by atoms with Crippen molar-refractivity contribution in [3.05, 3.63) is 23.8 Å².